The summed E-state index contributed by atoms with van der Waals surface area (Å²) in [5.41, 5.74) is 0.882. The summed E-state index contributed by atoms with van der Waals surface area (Å²) in [6, 6.07) is 7.07. The van der Waals surface area contributed by atoms with Crippen molar-refractivity contribution in [2.45, 2.75) is 45.1 Å². The molecule has 4 amide bonds. The minimum Gasteiger partial charge on any atom is -0.324 e. The van der Waals surface area contributed by atoms with Gasteiger partial charge in [0.15, 0.2) is 0 Å². The maximum atomic E-state index is 12.5. The molecule has 6 nitrogen and oxygen atoms in total. The fourth-order valence-corrected chi connectivity index (χ4v) is 3.24. The standard InChI is InChI=1S/C18H23N3O3/c1-11(2)13-6-4-5-7-14(13)19-15(22)10-21-16(23)18(3,12-8-9-12)20-17(21)24/h4-7,11-12H,8-10H2,1-3H3,(H,19,22)(H,20,24)/t18-/m1/s1. The Bertz CT molecular complexity index is 697. The number of amides is 4. The number of hydrogen-bond donors (Lipinski definition) is 2. The van der Waals surface area contributed by atoms with Crippen molar-refractivity contribution in [3.05, 3.63) is 29.8 Å². The second-order valence-corrected chi connectivity index (χ2v) is 7.09. The smallest absolute Gasteiger partial charge is 0.324 e. The Labute approximate surface area is 141 Å². The molecule has 0 radical (unpaired) electrons. The highest BCUT2D eigenvalue weighted by molar-refractivity contribution is 6.10. The topological polar surface area (TPSA) is 78.5 Å². The van der Waals surface area contributed by atoms with E-state index in [2.05, 4.69) is 10.6 Å². The monoisotopic (exact) mass is 329 g/mol. The van der Waals surface area contributed by atoms with E-state index in [1.54, 1.807) is 6.92 Å². The van der Waals surface area contributed by atoms with Crippen LogP contribution in [0.25, 0.3) is 0 Å². The Morgan fingerprint density at radius 1 is 1.33 bits per heavy atom. The molecule has 1 atom stereocenters. The summed E-state index contributed by atoms with van der Waals surface area (Å²) in [5, 5.41) is 5.57. The van der Waals surface area contributed by atoms with Crippen LogP contribution in [-0.4, -0.2) is 34.8 Å². The van der Waals surface area contributed by atoms with Gasteiger partial charge in [0, 0.05) is 5.69 Å². The second kappa shape index (κ2) is 5.92. The highest BCUT2D eigenvalue weighted by atomic mass is 16.2. The van der Waals surface area contributed by atoms with Crippen molar-refractivity contribution in [1.29, 1.82) is 0 Å². The average Bonchev–Trinajstić information content (AvgIpc) is 3.34. The number of carbonyl (C=O) groups excluding carboxylic acids is 3. The first-order valence-corrected chi connectivity index (χ1v) is 8.36. The van der Waals surface area contributed by atoms with Crippen LogP contribution in [0, 0.1) is 5.92 Å². The number of nitrogens with zero attached hydrogens (tertiary/aromatic N) is 1. The molecule has 3 rings (SSSR count). The normalized spacial score (nSPS) is 23.6. The third-order valence-corrected chi connectivity index (χ3v) is 4.85. The van der Waals surface area contributed by atoms with Gasteiger partial charge in [0.2, 0.25) is 5.91 Å². The Hall–Kier alpha value is -2.37. The molecule has 0 bridgehead atoms. The molecule has 6 heteroatoms. The molecule has 2 N–H and O–H groups in total. The van der Waals surface area contributed by atoms with Gasteiger partial charge in [-0.1, -0.05) is 32.0 Å². The van der Waals surface area contributed by atoms with E-state index >= 15 is 0 Å². The maximum Gasteiger partial charge on any atom is 0.325 e. The quantitative estimate of drug-likeness (QED) is 0.815. The Kier molecular flexibility index (Phi) is 4.07. The third-order valence-electron chi connectivity index (χ3n) is 4.85. The highest BCUT2D eigenvalue weighted by Crippen LogP contribution is 2.42. The number of anilines is 1. The summed E-state index contributed by atoms with van der Waals surface area (Å²) < 4.78 is 0. The highest BCUT2D eigenvalue weighted by Gasteiger charge is 2.56. The summed E-state index contributed by atoms with van der Waals surface area (Å²) in [6.07, 6.45) is 1.87. The van der Waals surface area contributed by atoms with E-state index in [0.717, 1.165) is 29.0 Å². The molecule has 2 aliphatic rings. The minimum absolute atomic E-state index is 0.184. The van der Waals surface area contributed by atoms with Crippen molar-refractivity contribution in [3.8, 4) is 0 Å². The average molecular weight is 329 g/mol. The predicted octanol–water partition coefficient (Wildman–Crippen LogP) is 2.47. The lowest BCUT2D eigenvalue weighted by Gasteiger charge is -2.21. The van der Waals surface area contributed by atoms with Gasteiger partial charge in [-0.25, -0.2) is 4.79 Å². The van der Waals surface area contributed by atoms with Crippen LogP contribution in [0.15, 0.2) is 24.3 Å². The zero-order valence-corrected chi connectivity index (χ0v) is 14.3. The van der Waals surface area contributed by atoms with E-state index in [-0.39, 0.29) is 30.2 Å². The summed E-state index contributed by atoms with van der Waals surface area (Å²) in [5.74, 6) is -0.228. The van der Waals surface area contributed by atoms with Gasteiger partial charge >= 0.3 is 6.03 Å². The number of rotatable bonds is 5. The molecule has 24 heavy (non-hydrogen) atoms. The van der Waals surface area contributed by atoms with Crippen molar-refractivity contribution < 1.29 is 14.4 Å². The number of nitrogens with one attached hydrogen (secondary N) is 2. The van der Waals surface area contributed by atoms with Crippen LogP contribution in [0.4, 0.5) is 10.5 Å². The van der Waals surface area contributed by atoms with Crippen LogP contribution in [-0.2, 0) is 9.59 Å². The Balaban J connectivity index is 1.69. The van der Waals surface area contributed by atoms with Crippen molar-refractivity contribution in [1.82, 2.24) is 10.2 Å². The first-order chi connectivity index (χ1) is 11.3. The van der Waals surface area contributed by atoms with Gasteiger partial charge in [0.1, 0.15) is 12.1 Å². The van der Waals surface area contributed by atoms with Crippen molar-refractivity contribution in [3.63, 3.8) is 0 Å². The fraction of sp³-hybridized carbons (Fsp3) is 0.500. The second-order valence-electron chi connectivity index (χ2n) is 7.09. The molecule has 128 valence electrons. The minimum atomic E-state index is -0.854. The number of carbonyl (C=O) groups is 3. The summed E-state index contributed by atoms with van der Waals surface area (Å²) in [6.45, 7) is 5.57. The molecule has 0 aromatic heterocycles. The fourth-order valence-electron chi connectivity index (χ4n) is 3.24. The summed E-state index contributed by atoms with van der Waals surface area (Å²) >= 11 is 0. The van der Waals surface area contributed by atoms with E-state index in [4.69, 9.17) is 0 Å². The van der Waals surface area contributed by atoms with Gasteiger partial charge in [-0.2, -0.15) is 0 Å². The van der Waals surface area contributed by atoms with Crippen LogP contribution in [0.3, 0.4) is 0 Å². The molecule has 1 aliphatic heterocycles. The van der Waals surface area contributed by atoms with Crippen LogP contribution < -0.4 is 10.6 Å². The molecule has 1 heterocycles. The molecular weight excluding hydrogens is 306 g/mol. The zero-order valence-electron chi connectivity index (χ0n) is 14.3. The predicted molar refractivity (Wildman–Crippen MR) is 90.5 cm³/mol. The summed E-state index contributed by atoms with van der Waals surface area (Å²) in [7, 11) is 0. The molecule has 0 spiro atoms. The number of benzene rings is 1. The Morgan fingerprint density at radius 3 is 2.62 bits per heavy atom. The molecule has 0 unspecified atom stereocenters. The molecule has 1 aromatic carbocycles. The van der Waals surface area contributed by atoms with Crippen molar-refractivity contribution in [2.75, 3.05) is 11.9 Å². The zero-order chi connectivity index (χ0) is 17.5. The van der Waals surface area contributed by atoms with Gasteiger partial charge in [-0.3, -0.25) is 14.5 Å². The lowest BCUT2D eigenvalue weighted by Crippen LogP contribution is -2.46. The van der Waals surface area contributed by atoms with Crippen LogP contribution in [0.5, 0.6) is 0 Å². The van der Waals surface area contributed by atoms with E-state index in [9.17, 15) is 14.4 Å². The van der Waals surface area contributed by atoms with Gasteiger partial charge < -0.3 is 10.6 Å². The van der Waals surface area contributed by atoms with Crippen molar-refractivity contribution in [2.24, 2.45) is 5.92 Å². The number of para-hydroxylation sites is 1. The largest absolute Gasteiger partial charge is 0.325 e. The van der Waals surface area contributed by atoms with Gasteiger partial charge in [0.25, 0.3) is 5.91 Å². The van der Waals surface area contributed by atoms with E-state index in [1.165, 1.54) is 0 Å². The lowest BCUT2D eigenvalue weighted by atomic mass is 9.96. The van der Waals surface area contributed by atoms with Gasteiger partial charge in [-0.05, 0) is 43.2 Å². The van der Waals surface area contributed by atoms with Gasteiger partial charge in [-0.15, -0.1) is 0 Å². The Morgan fingerprint density at radius 2 is 2.00 bits per heavy atom. The first-order valence-electron chi connectivity index (χ1n) is 8.36. The molecule has 2 fully saturated rings. The van der Waals surface area contributed by atoms with E-state index in [1.807, 2.05) is 38.1 Å². The number of hydrogen-bond acceptors (Lipinski definition) is 3. The summed E-state index contributed by atoms with van der Waals surface area (Å²) in [4.78, 5) is 38.0. The third kappa shape index (κ3) is 2.88. The van der Waals surface area contributed by atoms with E-state index in [0.29, 0.717) is 0 Å². The molecule has 1 aromatic rings. The SMILES string of the molecule is CC(C)c1ccccc1NC(=O)CN1C(=O)N[C@](C)(C2CC2)C1=O. The molecule has 1 saturated carbocycles. The number of urea groups is 1. The lowest BCUT2D eigenvalue weighted by molar-refractivity contribution is -0.134. The molecule has 1 saturated heterocycles. The molecule has 1 aliphatic carbocycles. The number of imide groups is 1. The van der Waals surface area contributed by atoms with Crippen LogP contribution >= 0.6 is 0 Å². The molecular formula is C18H23N3O3. The van der Waals surface area contributed by atoms with Crippen LogP contribution in [0.2, 0.25) is 0 Å². The first kappa shape index (κ1) is 16.5. The van der Waals surface area contributed by atoms with Crippen molar-refractivity contribution >= 4 is 23.5 Å². The van der Waals surface area contributed by atoms with Gasteiger partial charge in [0.05, 0.1) is 0 Å². The van der Waals surface area contributed by atoms with Crippen LogP contribution in [0.1, 0.15) is 45.1 Å². The maximum absolute atomic E-state index is 12.5. The van der Waals surface area contributed by atoms with E-state index < -0.39 is 11.6 Å².